The summed E-state index contributed by atoms with van der Waals surface area (Å²) in [7, 11) is 0. The Labute approximate surface area is 184 Å². The van der Waals surface area contributed by atoms with Gasteiger partial charge in [-0.1, -0.05) is 37.6 Å². The van der Waals surface area contributed by atoms with Crippen molar-refractivity contribution in [2.24, 2.45) is 5.92 Å². The summed E-state index contributed by atoms with van der Waals surface area (Å²) in [5.74, 6) is -0.00273. The topological polar surface area (TPSA) is 52.7 Å². The van der Waals surface area contributed by atoms with E-state index in [1.54, 1.807) is 6.07 Å². The predicted octanol–water partition coefficient (Wildman–Crippen LogP) is 4.50. The highest BCUT2D eigenvalue weighted by atomic mass is 127. The lowest BCUT2D eigenvalue weighted by molar-refractivity contribution is -0.134. The smallest absolute Gasteiger partial charge is 0.255 e. The summed E-state index contributed by atoms with van der Waals surface area (Å²) in [5, 5.41) is 3.58. The van der Waals surface area contributed by atoms with Crippen LogP contribution in [0, 0.1) is 9.49 Å². The molecule has 0 radical (unpaired) electrons. The molecular weight excluding hydrogens is 489 g/mol. The second-order valence-corrected chi connectivity index (χ2v) is 8.72. The van der Waals surface area contributed by atoms with E-state index in [2.05, 4.69) is 32.8 Å². The van der Waals surface area contributed by atoms with Crippen molar-refractivity contribution < 1.29 is 9.59 Å². The van der Waals surface area contributed by atoms with Crippen LogP contribution >= 0.6 is 34.2 Å². The number of para-hydroxylation sites is 1. The molecular formula is C21H23ClIN3O2. The first-order chi connectivity index (χ1) is 13.4. The van der Waals surface area contributed by atoms with E-state index in [4.69, 9.17) is 11.6 Å². The summed E-state index contributed by atoms with van der Waals surface area (Å²) in [6.45, 7) is 6.48. The van der Waals surface area contributed by atoms with Gasteiger partial charge in [-0.05, 0) is 52.9 Å². The quantitative estimate of drug-likeness (QED) is 0.615. The number of hydrogen-bond acceptors (Lipinski definition) is 3. The van der Waals surface area contributed by atoms with Crippen molar-refractivity contribution in [3.8, 4) is 0 Å². The van der Waals surface area contributed by atoms with Gasteiger partial charge in [0.05, 0.1) is 16.4 Å². The largest absolute Gasteiger partial charge is 0.365 e. The lowest BCUT2D eigenvalue weighted by Gasteiger charge is -2.38. The molecule has 0 saturated carbocycles. The van der Waals surface area contributed by atoms with E-state index in [9.17, 15) is 9.59 Å². The van der Waals surface area contributed by atoms with Crippen LogP contribution in [-0.4, -0.2) is 42.9 Å². The summed E-state index contributed by atoms with van der Waals surface area (Å²) in [5.41, 5.74) is 2.09. The van der Waals surface area contributed by atoms with Crippen LogP contribution in [0.2, 0.25) is 5.02 Å². The maximum Gasteiger partial charge on any atom is 0.255 e. The Morgan fingerprint density at radius 2 is 1.75 bits per heavy atom. The molecule has 1 N–H and O–H groups in total. The molecule has 0 aromatic heterocycles. The minimum atomic E-state index is -0.171. The molecule has 28 heavy (non-hydrogen) atoms. The highest BCUT2D eigenvalue weighted by Crippen LogP contribution is 2.35. The van der Waals surface area contributed by atoms with Crippen LogP contribution in [0.15, 0.2) is 42.5 Å². The van der Waals surface area contributed by atoms with Gasteiger partial charge in [0, 0.05) is 41.2 Å². The first kappa shape index (κ1) is 20.9. The number of carbonyl (C=O) groups excluding carboxylic acids is 2. The lowest BCUT2D eigenvalue weighted by Crippen LogP contribution is -2.50. The third-order valence-electron chi connectivity index (χ3n) is 4.72. The molecule has 0 unspecified atom stereocenters. The van der Waals surface area contributed by atoms with Gasteiger partial charge in [0.15, 0.2) is 0 Å². The van der Waals surface area contributed by atoms with E-state index in [-0.39, 0.29) is 17.7 Å². The fourth-order valence-corrected chi connectivity index (χ4v) is 4.11. The number of piperazine rings is 1. The van der Waals surface area contributed by atoms with Crippen molar-refractivity contribution in [3.05, 3.63) is 56.6 Å². The van der Waals surface area contributed by atoms with Gasteiger partial charge >= 0.3 is 0 Å². The van der Waals surface area contributed by atoms with Crippen molar-refractivity contribution in [3.63, 3.8) is 0 Å². The van der Waals surface area contributed by atoms with E-state index in [0.717, 1.165) is 9.26 Å². The van der Waals surface area contributed by atoms with Crippen LogP contribution in [0.4, 0.5) is 11.4 Å². The zero-order chi connectivity index (χ0) is 20.3. The molecule has 0 spiro atoms. The van der Waals surface area contributed by atoms with E-state index < -0.39 is 0 Å². The summed E-state index contributed by atoms with van der Waals surface area (Å²) in [4.78, 5) is 29.0. The summed E-state index contributed by atoms with van der Waals surface area (Å²) < 4.78 is 1.00. The molecule has 148 valence electrons. The molecule has 1 fully saturated rings. The van der Waals surface area contributed by atoms with Crippen LogP contribution < -0.4 is 10.2 Å². The number of anilines is 2. The first-order valence-electron chi connectivity index (χ1n) is 9.26. The first-order valence-corrected chi connectivity index (χ1v) is 10.7. The van der Waals surface area contributed by atoms with Crippen LogP contribution in [-0.2, 0) is 4.79 Å². The molecule has 1 aliphatic rings. The van der Waals surface area contributed by atoms with Crippen LogP contribution in [0.1, 0.15) is 24.2 Å². The SMILES string of the molecule is CC(C)C(=O)N1CCN(c2c(Cl)cccc2NC(=O)c2cccc(I)c2)CC1. The molecule has 1 saturated heterocycles. The van der Waals surface area contributed by atoms with Gasteiger partial charge in [0.1, 0.15) is 0 Å². The Balaban J connectivity index is 1.78. The average Bonchev–Trinajstić information content (AvgIpc) is 2.67. The number of nitrogens with one attached hydrogen (secondary N) is 1. The van der Waals surface area contributed by atoms with Gasteiger partial charge in [-0.3, -0.25) is 9.59 Å². The van der Waals surface area contributed by atoms with Crippen molar-refractivity contribution in [2.45, 2.75) is 13.8 Å². The number of hydrogen-bond donors (Lipinski definition) is 1. The molecule has 2 aromatic carbocycles. The number of carbonyl (C=O) groups is 2. The Hall–Kier alpha value is -1.80. The highest BCUT2D eigenvalue weighted by Gasteiger charge is 2.25. The number of amides is 2. The molecule has 0 bridgehead atoms. The van der Waals surface area contributed by atoms with Gasteiger partial charge < -0.3 is 15.1 Å². The molecule has 7 heteroatoms. The monoisotopic (exact) mass is 511 g/mol. The number of rotatable bonds is 4. The maximum absolute atomic E-state index is 12.7. The van der Waals surface area contributed by atoms with Crippen molar-refractivity contribution in [1.29, 1.82) is 0 Å². The van der Waals surface area contributed by atoms with Crippen LogP contribution in [0.25, 0.3) is 0 Å². The van der Waals surface area contributed by atoms with Gasteiger partial charge in [-0.15, -0.1) is 0 Å². The Morgan fingerprint density at radius 1 is 1.07 bits per heavy atom. The lowest BCUT2D eigenvalue weighted by atomic mass is 10.1. The van der Waals surface area contributed by atoms with Gasteiger partial charge in [-0.2, -0.15) is 0 Å². The van der Waals surface area contributed by atoms with E-state index in [1.807, 2.05) is 55.1 Å². The predicted molar refractivity (Wildman–Crippen MR) is 122 cm³/mol. The third-order valence-corrected chi connectivity index (χ3v) is 5.70. The van der Waals surface area contributed by atoms with Crippen LogP contribution in [0.5, 0.6) is 0 Å². The molecule has 5 nitrogen and oxygen atoms in total. The number of nitrogens with zero attached hydrogens (tertiary/aromatic N) is 2. The Morgan fingerprint density at radius 3 is 2.39 bits per heavy atom. The van der Waals surface area contributed by atoms with Crippen molar-refractivity contribution in [1.82, 2.24) is 4.90 Å². The summed E-state index contributed by atoms with van der Waals surface area (Å²) in [6, 6.07) is 13.0. The molecule has 1 aliphatic heterocycles. The second-order valence-electron chi connectivity index (χ2n) is 7.07. The zero-order valence-corrected chi connectivity index (χ0v) is 18.8. The highest BCUT2D eigenvalue weighted by molar-refractivity contribution is 14.1. The van der Waals surface area contributed by atoms with E-state index in [0.29, 0.717) is 42.5 Å². The van der Waals surface area contributed by atoms with Crippen molar-refractivity contribution >= 4 is 57.4 Å². The maximum atomic E-state index is 12.7. The number of halogens is 2. The summed E-state index contributed by atoms with van der Waals surface area (Å²) in [6.07, 6.45) is 0. The molecule has 0 atom stereocenters. The fraction of sp³-hybridized carbons (Fsp3) is 0.333. The zero-order valence-electron chi connectivity index (χ0n) is 15.9. The standard InChI is InChI=1S/C21H23ClIN3O2/c1-14(2)21(28)26-11-9-25(10-12-26)19-17(22)7-4-8-18(19)24-20(27)15-5-3-6-16(23)13-15/h3-8,13-14H,9-12H2,1-2H3,(H,24,27). The number of benzene rings is 2. The molecule has 3 rings (SSSR count). The Bertz CT molecular complexity index is 880. The fourth-order valence-electron chi connectivity index (χ4n) is 3.28. The molecule has 0 aliphatic carbocycles. The van der Waals surface area contributed by atoms with Gasteiger partial charge in [0.25, 0.3) is 5.91 Å². The minimum Gasteiger partial charge on any atom is -0.365 e. The minimum absolute atomic E-state index is 0.00428. The third kappa shape index (κ3) is 4.78. The average molecular weight is 512 g/mol. The van der Waals surface area contributed by atoms with Crippen LogP contribution in [0.3, 0.4) is 0 Å². The molecule has 2 amide bonds. The van der Waals surface area contributed by atoms with E-state index >= 15 is 0 Å². The van der Waals surface area contributed by atoms with Gasteiger partial charge in [-0.25, -0.2) is 0 Å². The summed E-state index contributed by atoms with van der Waals surface area (Å²) >= 11 is 8.68. The molecule has 1 heterocycles. The van der Waals surface area contributed by atoms with E-state index in [1.165, 1.54) is 0 Å². The normalized spacial score (nSPS) is 14.3. The Kier molecular flexibility index (Phi) is 6.82. The van der Waals surface area contributed by atoms with Crippen molar-refractivity contribution in [2.75, 3.05) is 36.4 Å². The molecule has 2 aromatic rings. The van der Waals surface area contributed by atoms with Gasteiger partial charge in [0.2, 0.25) is 5.91 Å². The second kappa shape index (κ2) is 9.13.